The standard InChI is InChI=1S/C50H57N9O6/c1-32-41(29-51-47-45(32)59(25-26-64-47)49(63)65-50(2,3)4)37-11-12-38-28-52-48(54-42(38)27-37)53-39-13-5-33(6-14-39)30-57-21-23-58(24-22-57)44(61)31-56-19-17-35(18-20-56)34-7-9-36(10-8-34)40-15-16-43(60)55-46(40)62/h5-14,27-29,35,40H,15-26,30-31H2,1-4H3,(H,52,53,54)(H,55,60,62). The average Bonchev–Trinajstić information content (AvgIpc) is 3.29. The van der Waals surface area contributed by atoms with Crippen LogP contribution in [-0.4, -0.2) is 118 Å². The molecule has 15 nitrogen and oxygen atoms in total. The molecule has 0 aliphatic carbocycles. The van der Waals surface area contributed by atoms with Crippen molar-refractivity contribution in [1.82, 2.24) is 35.0 Å². The molecule has 3 saturated heterocycles. The van der Waals surface area contributed by atoms with E-state index in [4.69, 9.17) is 14.5 Å². The molecule has 1 atom stereocenters. The molecular formula is C50H57N9O6. The summed E-state index contributed by atoms with van der Waals surface area (Å²) >= 11 is 0. The van der Waals surface area contributed by atoms with Crippen molar-refractivity contribution in [2.24, 2.45) is 0 Å². The van der Waals surface area contributed by atoms with Gasteiger partial charge in [-0.25, -0.2) is 19.7 Å². The average molecular weight is 880 g/mol. The molecule has 5 aromatic rings. The lowest BCUT2D eigenvalue weighted by atomic mass is 9.86. The van der Waals surface area contributed by atoms with Crippen LogP contribution in [0.25, 0.3) is 22.0 Å². The van der Waals surface area contributed by atoms with Gasteiger partial charge in [0.1, 0.15) is 17.9 Å². The number of piperidine rings is 2. The number of nitrogens with zero attached hydrogens (tertiary/aromatic N) is 7. The summed E-state index contributed by atoms with van der Waals surface area (Å²) in [5.41, 5.74) is 7.68. The number of amides is 4. The lowest BCUT2D eigenvalue weighted by molar-refractivity contribution is -0.135. The molecular weight excluding hydrogens is 823 g/mol. The highest BCUT2D eigenvalue weighted by atomic mass is 16.6. The van der Waals surface area contributed by atoms with Gasteiger partial charge in [-0.2, -0.15) is 0 Å². The number of aromatic nitrogens is 3. The third-order valence-electron chi connectivity index (χ3n) is 12.9. The predicted octanol–water partition coefficient (Wildman–Crippen LogP) is 6.92. The number of carbonyl (C=O) groups excluding carboxylic acids is 4. The first-order chi connectivity index (χ1) is 31.3. The maximum Gasteiger partial charge on any atom is 0.415 e. The Morgan fingerprint density at radius 3 is 2.31 bits per heavy atom. The van der Waals surface area contributed by atoms with E-state index in [1.165, 1.54) is 11.1 Å². The van der Waals surface area contributed by atoms with Gasteiger partial charge in [0, 0.05) is 68.2 Å². The van der Waals surface area contributed by atoms with Gasteiger partial charge in [0.05, 0.1) is 24.5 Å². The van der Waals surface area contributed by atoms with Gasteiger partial charge in [-0.15, -0.1) is 0 Å². The third kappa shape index (κ3) is 10.1. The van der Waals surface area contributed by atoms with Gasteiger partial charge in [-0.3, -0.25) is 34.4 Å². The molecule has 0 spiro atoms. The third-order valence-corrected chi connectivity index (χ3v) is 12.9. The minimum Gasteiger partial charge on any atom is -0.474 e. The number of anilines is 3. The topological polar surface area (TPSA) is 162 Å². The summed E-state index contributed by atoms with van der Waals surface area (Å²) in [5, 5.41) is 6.71. The first-order valence-electron chi connectivity index (χ1n) is 22.8. The Morgan fingerprint density at radius 2 is 1.58 bits per heavy atom. The highest BCUT2D eigenvalue weighted by Gasteiger charge is 2.33. The normalized spacial score (nSPS) is 18.8. The first kappa shape index (κ1) is 43.8. The maximum absolute atomic E-state index is 13.4. The van der Waals surface area contributed by atoms with Crippen LogP contribution in [0.5, 0.6) is 5.88 Å². The number of carbonyl (C=O) groups is 4. The molecule has 2 aromatic heterocycles. The second kappa shape index (κ2) is 18.6. The largest absolute Gasteiger partial charge is 0.474 e. The van der Waals surface area contributed by atoms with Crippen molar-refractivity contribution in [2.45, 2.75) is 77.4 Å². The fourth-order valence-electron chi connectivity index (χ4n) is 9.34. The maximum atomic E-state index is 13.4. The number of hydrogen-bond acceptors (Lipinski definition) is 12. The number of pyridine rings is 1. The SMILES string of the molecule is Cc1c(-c2ccc3cnc(Nc4ccc(CN5CCN(C(=O)CN6CCC(c7ccc(C8CCC(=O)NC8=O)cc7)CC6)CC5)cc4)nc3c2)cnc2c1N(C(=O)OC(C)(C)C)CCO2. The van der Waals surface area contributed by atoms with E-state index in [-0.39, 0.29) is 23.6 Å². The number of imide groups is 1. The first-order valence-corrected chi connectivity index (χ1v) is 22.8. The van der Waals surface area contributed by atoms with Crippen molar-refractivity contribution in [3.05, 3.63) is 101 Å². The smallest absolute Gasteiger partial charge is 0.415 e. The number of hydrogen-bond donors (Lipinski definition) is 2. The van der Waals surface area contributed by atoms with E-state index in [9.17, 15) is 19.2 Å². The molecule has 2 N–H and O–H groups in total. The molecule has 4 aliphatic rings. The van der Waals surface area contributed by atoms with E-state index < -0.39 is 11.7 Å². The van der Waals surface area contributed by atoms with Gasteiger partial charge in [-0.05, 0) is 112 Å². The zero-order valence-corrected chi connectivity index (χ0v) is 37.6. The van der Waals surface area contributed by atoms with Crippen LogP contribution in [0.4, 0.5) is 22.1 Å². The van der Waals surface area contributed by atoms with Crippen molar-refractivity contribution >= 4 is 52.0 Å². The molecule has 3 aromatic carbocycles. The number of ether oxygens (including phenoxy) is 2. The fourth-order valence-corrected chi connectivity index (χ4v) is 9.34. The van der Waals surface area contributed by atoms with E-state index in [0.29, 0.717) is 56.0 Å². The second-order valence-electron chi connectivity index (χ2n) is 18.6. The lowest BCUT2D eigenvalue weighted by Gasteiger charge is -2.37. The zero-order valence-electron chi connectivity index (χ0n) is 37.6. The number of benzene rings is 3. The van der Waals surface area contributed by atoms with Crippen LogP contribution in [0.2, 0.25) is 0 Å². The van der Waals surface area contributed by atoms with Crippen molar-refractivity contribution < 1.29 is 28.7 Å². The summed E-state index contributed by atoms with van der Waals surface area (Å²) in [5.74, 6) is 0.863. The van der Waals surface area contributed by atoms with Crippen molar-refractivity contribution in [1.29, 1.82) is 0 Å². The van der Waals surface area contributed by atoms with Gasteiger partial charge in [0.15, 0.2) is 0 Å². The molecule has 0 bridgehead atoms. The Hall–Kier alpha value is -6.45. The molecule has 1 unspecified atom stereocenters. The molecule has 4 amide bonds. The van der Waals surface area contributed by atoms with Crippen molar-refractivity contribution in [3.8, 4) is 17.0 Å². The van der Waals surface area contributed by atoms with Crippen LogP contribution in [0.15, 0.2) is 79.1 Å². The van der Waals surface area contributed by atoms with Gasteiger partial charge >= 0.3 is 6.09 Å². The highest BCUT2D eigenvalue weighted by Crippen LogP contribution is 2.40. The van der Waals surface area contributed by atoms with E-state index in [1.54, 1.807) is 17.3 Å². The van der Waals surface area contributed by atoms with Crippen LogP contribution in [-0.2, 0) is 25.7 Å². The van der Waals surface area contributed by atoms with Crippen LogP contribution in [0.3, 0.4) is 0 Å². The van der Waals surface area contributed by atoms with E-state index >= 15 is 0 Å². The number of likely N-dealkylation sites (tertiary alicyclic amines) is 1. The Bertz CT molecular complexity index is 2580. The summed E-state index contributed by atoms with van der Waals surface area (Å²) in [6.07, 6.45) is 6.08. The van der Waals surface area contributed by atoms with Gasteiger partial charge in [0.2, 0.25) is 29.5 Å². The summed E-state index contributed by atoms with van der Waals surface area (Å²) in [4.78, 5) is 72.7. The Balaban J connectivity index is 0.743. The highest BCUT2D eigenvalue weighted by molar-refractivity contribution is 6.01. The summed E-state index contributed by atoms with van der Waals surface area (Å²) < 4.78 is 11.5. The van der Waals surface area contributed by atoms with Crippen LogP contribution < -0.4 is 20.3 Å². The van der Waals surface area contributed by atoms with Crippen LogP contribution >= 0.6 is 0 Å². The number of rotatable bonds is 9. The van der Waals surface area contributed by atoms with Crippen LogP contribution in [0, 0.1) is 6.92 Å². The minimum absolute atomic E-state index is 0.194. The van der Waals surface area contributed by atoms with Crippen LogP contribution in [0.1, 0.15) is 80.5 Å². The molecule has 338 valence electrons. The lowest BCUT2D eigenvalue weighted by Crippen LogP contribution is -2.51. The fraction of sp³-hybridized carbons (Fsp3) is 0.420. The van der Waals surface area contributed by atoms with E-state index in [2.05, 4.69) is 54.7 Å². The summed E-state index contributed by atoms with van der Waals surface area (Å²) in [6.45, 7) is 14.3. The molecule has 0 saturated carbocycles. The number of piperazine rings is 1. The molecule has 9 rings (SSSR count). The molecule has 0 radical (unpaired) electrons. The van der Waals surface area contributed by atoms with Gasteiger partial charge < -0.3 is 19.7 Å². The Kier molecular flexibility index (Phi) is 12.5. The number of nitrogens with one attached hydrogen (secondary N) is 2. The van der Waals surface area contributed by atoms with E-state index in [0.717, 1.165) is 97.5 Å². The number of fused-ring (bicyclic) bond motifs is 2. The Morgan fingerprint density at radius 1 is 0.846 bits per heavy atom. The monoisotopic (exact) mass is 879 g/mol. The van der Waals surface area contributed by atoms with Crippen molar-refractivity contribution in [3.63, 3.8) is 0 Å². The van der Waals surface area contributed by atoms with Gasteiger partial charge in [0.25, 0.3) is 0 Å². The second-order valence-corrected chi connectivity index (χ2v) is 18.6. The molecule has 65 heavy (non-hydrogen) atoms. The van der Waals surface area contributed by atoms with Gasteiger partial charge in [-0.1, -0.05) is 48.5 Å². The summed E-state index contributed by atoms with van der Waals surface area (Å²) in [7, 11) is 0. The Labute approximate surface area is 379 Å². The molecule has 4 aliphatic heterocycles. The molecule has 6 heterocycles. The zero-order chi connectivity index (χ0) is 45.2. The summed E-state index contributed by atoms with van der Waals surface area (Å²) in [6, 6.07) is 22.7. The predicted molar refractivity (Wildman–Crippen MR) is 248 cm³/mol. The minimum atomic E-state index is -0.634. The van der Waals surface area contributed by atoms with E-state index in [1.807, 2.05) is 75.1 Å². The van der Waals surface area contributed by atoms with Crippen molar-refractivity contribution in [2.75, 3.05) is 69.2 Å². The quantitative estimate of drug-likeness (QED) is 0.147. The molecule has 15 heteroatoms. The molecule has 3 fully saturated rings.